The predicted molar refractivity (Wildman–Crippen MR) is 101 cm³/mol. The Morgan fingerprint density at radius 2 is 1.22 bits per heavy atom. The van der Waals surface area contributed by atoms with Crippen LogP contribution in [0.3, 0.4) is 0 Å². The van der Waals surface area contributed by atoms with Gasteiger partial charge in [-0.05, 0) is 38.7 Å². The van der Waals surface area contributed by atoms with E-state index in [4.69, 9.17) is 5.73 Å². The Kier molecular flexibility index (Phi) is 3.32. The summed E-state index contributed by atoms with van der Waals surface area (Å²) in [6.45, 7) is 0. The van der Waals surface area contributed by atoms with E-state index in [0.29, 0.717) is 0 Å². The van der Waals surface area contributed by atoms with Gasteiger partial charge in [-0.3, -0.25) is 0 Å². The molecular weight excluding hydrogens is 278 g/mol. The van der Waals surface area contributed by atoms with Gasteiger partial charge >= 0.3 is 0 Å². The van der Waals surface area contributed by atoms with Crippen LogP contribution in [0.5, 0.6) is 0 Å². The van der Waals surface area contributed by atoms with E-state index in [-0.39, 0.29) is 0 Å². The molecule has 0 aliphatic rings. The zero-order valence-corrected chi connectivity index (χ0v) is 12.7. The number of anilines is 1. The summed E-state index contributed by atoms with van der Waals surface area (Å²) >= 11 is 0. The highest BCUT2D eigenvalue weighted by molar-refractivity contribution is 6.10. The average molecular weight is 295 g/mol. The zero-order chi connectivity index (χ0) is 15.6. The van der Waals surface area contributed by atoms with E-state index < -0.39 is 0 Å². The van der Waals surface area contributed by atoms with Gasteiger partial charge in [-0.2, -0.15) is 0 Å². The first kappa shape index (κ1) is 13.6. The maximum Gasteiger partial charge on any atom is 0.0387 e. The summed E-state index contributed by atoms with van der Waals surface area (Å²) in [7, 11) is 0. The highest BCUT2D eigenvalue weighted by Crippen LogP contribution is 2.28. The molecular formula is C22H17N. The highest BCUT2D eigenvalue weighted by Gasteiger charge is 2.02. The summed E-state index contributed by atoms with van der Waals surface area (Å²) in [6.07, 6.45) is 4.22. The topological polar surface area (TPSA) is 26.0 Å². The minimum absolute atomic E-state index is 0.800. The monoisotopic (exact) mass is 295 g/mol. The van der Waals surface area contributed by atoms with Gasteiger partial charge in [0, 0.05) is 5.69 Å². The van der Waals surface area contributed by atoms with E-state index in [0.717, 1.165) is 11.3 Å². The second kappa shape index (κ2) is 5.62. The van der Waals surface area contributed by atoms with Crippen LogP contribution in [0.1, 0.15) is 11.1 Å². The van der Waals surface area contributed by atoms with E-state index in [1.807, 2.05) is 24.3 Å². The molecule has 0 saturated carbocycles. The minimum atomic E-state index is 0.800. The number of para-hydroxylation sites is 1. The summed E-state index contributed by atoms with van der Waals surface area (Å²) in [5.41, 5.74) is 9.07. The Morgan fingerprint density at radius 1 is 0.522 bits per heavy atom. The maximum absolute atomic E-state index is 6.02. The van der Waals surface area contributed by atoms with Gasteiger partial charge in [0.25, 0.3) is 0 Å². The molecule has 23 heavy (non-hydrogen) atoms. The van der Waals surface area contributed by atoms with E-state index in [9.17, 15) is 0 Å². The summed E-state index contributed by atoms with van der Waals surface area (Å²) in [5.74, 6) is 0. The standard InChI is InChI=1S/C22H17N/c23-22-11-4-2-7-18(22)13-12-17-8-5-10-21-19-9-3-1-6-16(19)14-15-20(17)21/h1-15H,23H2/b13-12+. The third kappa shape index (κ3) is 2.47. The molecule has 0 atom stereocenters. The Morgan fingerprint density at radius 3 is 2.13 bits per heavy atom. The molecule has 0 aliphatic heterocycles. The first-order valence-corrected chi connectivity index (χ1v) is 7.76. The lowest BCUT2D eigenvalue weighted by atomic mass is 9.98. The number of fused-ring (bicyclic) bond motifs is 3. The molecule has 0 unspecified atom stereocenters. The molecule has 0 saturated heterocycles. The van der Waals surface area contributed by atoms with Crippen molar-refractivity contribution >= 4 is 39.4 Å². The van der Waals surface area contributed by atoms with E-state index >= 15 is 0 Å². The molecule has 2 N–H and O–H groups in total. The molecule has 0 aliphatic carbocycles. The van der Waals surface area contributed by atoms with Crippen LogP contribution >= 0.6 is 0 Å². The lowest BCUT2D eigenvalue weighted by Crippen LogP contribution is -1.87. The van der Waals surface area contributed by atoms with Crippen LogP contribution in [0.4, 0.5) is 5.69 Å². The van der Waals surface area contributed by atoms with E-state index in [2.05, 4.69) is 66.7 Å². The molecule has 1 nitrogen and oxygen atoms in total. The zero-order valence-electron chi connectivity index (χ0n) is 12.7. The maximum atomic E-state index is 6.02. The quantitative estimate of drug-likeness (QED) is 0.284. The molecule has 0 amide bonds. The molecule has 4 aromatic carbocycles. The SMILES string of the molecule is Nc1ccccc1/C=C/c1cccc2c1ccc1ccccc12. The van der Waals surface area contributed by atoms with Crippen molar-refractivity contribution in [1.29, 1.82) is 0 Å². The van der Waals surface area contributed by atoms with Crippen LogP contribution in [-0.2, 0) is 0 Å². The normalized spacial score (nSPS) is 11.5. The van der Waals surface area contributed by atoms with Gasteiger partial charge < -0.3 is 5.73 Å². The van der Waals surface area contributed by atoms with Crippen molar-refractivity contribution in [3.63, 3.8) is 0 Å². The van der Waals surface area contributed by atoms with Gasteiger partial charge in [0.15, 0.2) is 0 Å². The van der Waals surface area contributed by atoms with E-state index in [1.165, 1.54) is 27.1 Å². The number of benzene rings is 4. The van der Waals surface area contributed by atoms with Crippen molar-refractivity contribution in [2.24, 2.45) is 0 Å². The second-order valence-corrected chi connectivity index (χ2v) is 5.69. The van der Waals surface area contributed by atoms with Gasteiger partial charge in [-0.1, -0.05) is 84.9 Å². The second-order valence-electron chi connectivity index (χ2n) is 5.69. The van der Waals surface area contributed by atoms with E-state index in [1.54, 1.807) is 0 Å². The highest BCUT2D eigenvalue weighted by atomic mass is 14.5. The Bertz CT molecular complexity index is 1030. The Hall–Kier alpha value is -3.06. The van der Waals surface area contributed by atoms with Crippen molar-refractivity contribution < 1.29 is 0 Å². The lowest BCUT2D eigenvalue weighted by molar-refractivity contribution is 1.64. The summed E-state index contributed by atoms with van der Waals surface area (Å²) in [4.78, 5) is 0. The van der Waals surface area contributed by atoms with Crippen molar-refractivity contribution in [3.8, 4) is 0 Å². The molecule has 0 radical (unpaired) electrons. The molecule has 110 valence electrons. The van der Waals surface area contributed by atoms with Crippen LogP contribution in [0.25, 0.3) is 33.7 Å². The molecule has 0 heterocycles. The van der Waals surface area contributed by atoms with Crippen LogP contribution in [0, 0.1) is 0 Å². The Labute approximate surface area is 135 Å². The van der Waals surface area contributed by atoms with Crippen molar-refractivity contribution in [2.75, 3.05) is 5.73 Å². The first-order chi connectivity index (χ1) is 11.3. The Balaban J connectivity index is 1.88. The smallest absolute Gasteiger partial charge is 0.0387 e. The summed E-state index contributed by atoms with van der Waals surface area (Å²) in [5, 5.41) is 5.11. The van der Waals surface area contributed by atoms with Crippen molar-refractivity contribution in [3.05, 3.63) is 90.0 Å². The summed E-state index contributed by atoms with van der Waals surface area (Å²) in [6, 6.07) is 27.3. The number of hydrogen-bond donors (Lipinski definition) is 1. The fourth-order valence-corrected chi connectivity index (χ4v) is 3.05. The number of hydrogen-bond acceptors (Lipinski definition) is 1. The number of nitrogen functional groups attached to an aromatic ring is 1. The fourth-order valence-electron chi connectivity index (χ4n) is 3.05. The first-order valence-electron chi connectivity index (χ1n) is 7.76. The average Bonchev–Trinajstić information content (AvgIpc) is 2.61. The largest absolute Gasteiger partial charge is 0.398 e. The summed E-state index contributed by atoms with van der Waals surface area (Å²) < 4.78 is 0. The van der Waals surface area contributed by atoms with Gasteiger partial charge in [-0.25, -0.2) is 0 Å². The van der Waals surface area contributed by atoms with Crippen LogP contribution in [-0.4, -0.2) is 0 Å². The predicted octanol–water partition coefficient (Wildman–Crippen LogP) is 5.75. The molecule has 4 aromatic rings. The van der Waals surface area contributed by atoms with Gasteiger partial charge in [-0.15, -0.1) is 0 Å². The van der Waals surface area contributed by atoms with Gasteiger partial charge in [0.05, 0.1) is 0 Å². The van der Waals surface area contributed by atoms with Crippen LogP contribution in [0.15, 0.2) is 78.9 Å². The number of nitrogens with two attached hydrogens (primary N) is 1. The third-order valence-electron chi connectivity index (χ3n) is 4.26. The molecule has 0 spiro atoms. The van der Waals surface area contributed by atoms with Crippen LogP contribution in [0.2, 0.25) is 0 Å². The minimum Gasteiger partial charge on any atom is -0.398 e. The van der Waals surface area contributed by atoms with Crippen molar-refractivity contribution in [2.45, 2.75) is 0 Å². The fraction of sp³-hybridized carbons (Fsp3) is 0. The molecule has 0 fully saturated rings. The molecule has 1 heteroatoms. The lowest BCUT2D eigenvalue weighted by Gasteiger charge is -2.07. The molecule has 0 aromatic heterocycles. The number of rotatable bonds is 2. The van der Waals surface area contributed by atoms with Crippen LogP contribution < -0.4 is 5.73 Å². The van der Waals surface area contributed by atoms with Crippen molar-refractivity contribution in [1.82, 2.24) is 0 Å². The van der Waals surface area contributed by atoms with Gasteiger partial charge in [0.1, 0.15) is 0 Å². The molecule has 0 bridgehead atoms. The van der Waals surface area contributed by atoms with Gasteiger partial charge in [0.2, 0.25) is 0 Å². The third-order valence-corrected chi connectivity index (χ3v) is 4.26. The molecule has 4 rings (SSSR count).